The first-order chi connectivity index (χ1) is 5.40. The third-order valence-electron chi connectivity index (χ3n) is 1.54. The van der Waals surface area contributed by atoms with Gasteiger partial charge in [-0.25, -0.2) is 0 Å². The Kier molecular flexibility index (Phi) is 1.16. The second-order valence-corrected chi connectivity index (χ2v) is 2.25. The van der Waals surface area contributed by atoms with E-state index >= 15 is 0 Å². The molecule has 1 heterocycles. The fourth-order valence-electron chi connectivity index (χ4n) is 0.973. The summed E-state index contributed by atoms with van der Waals surface area (Å²) in [5.41, 5.74) is 0.634. The molecule has 2 rings (SSSR count). The fourth-order valence-corrected chi connectivity index (χ4v) is 0.973. The van der Waals surface area contributed by atoms with E-state index in [9.17, 15) is 0 Å². The quantitative estimate of drug-likeness (QED) is 0.564. The van der Waals surface area contributed by atoms with Crippen molar-refractivity contribution in [2.75, 3.05) is 0 Å². The number of nitriles is 1. The van der Waals surface area contributed by atoms with Crippen LogP contribution in [0.15, 0.2) is 28.9 Å². The van der Waals surface area contributed by atoms with Crippen molar-refractivity contribution in [2.45, 2.75) is 0 Å². The van der Waals surface area contributed by atoms with E-state index in [0.29, 0.717) is 5.56 Å². The van der Waals surface area contributed by atoms with E-state index in [2.05, 4.69) is 6.26 Å². The van der Waals surface area contributed by atoms with Gasteiger partial charge in [-0.1, -0.05) is 0 Å². The highest BCUT2D eigenvalue weighted by Crippen LogP contribution is 2.15. The van der Waals surface area contributed by atoms with Gasteiger partial charge in [0.15, 0.2) is 6.26 Å². The molecule has 0 amide bonds. The first kappa shape index (κ1) is 5.99. The number of fused-ring (bicyclic) bond motifs is 1. The first-order valence-corrected chi connectivity index (χ1v) is 3.19. The lowest BCUT2D eigenvalue weighted by Gasteiger charge is -1.86. The molecule has 0 bridgehead atoms. The second kappa shape index (κ2) is 2.14. The van der Waals surface area contributed by atoms with Crippen LogP contribution in [-0.2, 0) is 0 Å². The van der Waals surface area contributed by atoms with Gasteiger partial charge >= 0.3 is 0 Å². The number of rotatable bonds is 0. The van der Waals surface area contributed by atoms with Gasteiger partial charge in [0.1, 0.15) is 0 Å². The topological polar surface area (TPSA) is 36.9 Å². The van der Waals surface area contributed by atoms with Gasteiger partial charge in [0, 0.05) is 10.8 Å². The van der Waals surface area contributed by atoms with Gasteiger partial charge < -0.3 is 4.42 Å². The predicted molar refractivity (Wildman–Crippen MR) is 39.8 cm³/mol. The Bertz CT molecular complexity index is 422. The van der Waals surface area contributed by atoms with Crippen LogP contribution in [0.1, 0.15) is 5.56 Å². The zero-order valence-corrected chi connectivity index (χ0v) is 5.66. The fraction of sp³-hybridized carbons (Fsp3) is 0. The third kappa shape index (κ3) is 0.870. The van der Waals surface area contributed by atoms with Gasteiger partial charge in [-0.15, -0.1) is 0 Å². The van der Waals surface area contributed by atoms with Crippen LogP contribution in [0, 0.1) is 17.6 Å². The van der Waals surface area contributed by atoms with Crippen molar-refractivity contribution in [1.82, 2.24) is 0 Å². The molecule has 2 nitrogen and oxygen atoms in total. The first-order valence-electron chi connectivity index (χ1n) is 3.19. The highest BCUT2D eigenvalue weighted by Gasteiger charge is 1.96. The highest BCUT2D eigenvalue weighted by atomic mass is 16.3. The molecule has 0 aliphatic rings. The summed E-state index contributed by atoms with van der Waals surface area (Å²) in [4.78, 5) is 0. The largest absolute Gasteiger partial charge is 0.460 e. The van der Waals surface area contributed by atoms with Crippen molar-refractivity contribution in [3.63, 3.8) is 0 Å². The van der Waals surface area contributed by atoms with Crippen LogP contribution in [0.25, 0.3) is 10.8 Å². The summed E-state index contributed by atoms with van der Waals surface area (Å²) in [6, 6.07) is 7.39. The molecule has 0 unspecified atom stereocenters. The lowest BCUT2D eigenvalue weighted by Crippen LogP contribution is -1.70. The van der Waals surface area contributed by atoms with Gasteiger partial charge in [-0.05, 0) is 18.2 Å². The monoisotopic (exact) mass is 142 g/mol. The van der Waals surface area contributed by atoms with Gasteiger partial charge in [0.2, 0.25) is 0 Å². The van der Waals surface area contributed by atoms with Gasteiger partial charge in [-0.3, -0.25) is 0 Å². The third-order valence-corrected chi connectivity index (χ3v) is 1.54. The number of benzene rings is 1. The van der Waals surface area contributed by atoms with Crippen LogP contribution in [0.5, 0.6) is 0 Å². The molecule has 2 heteroatoms. The summed E-state index contributed by atoms with van der Waals surface area (Å²) in [5, 5.41) is 10.4. The SMILES string of the molecule is N#Cc1ccc2co[c]c2c1. The molecule has 0 fully saturated rings. The standard InChI is InChI=1S/C9H4NO/c10-4-7-1-2-8-5-11-6-9(8)3-7/h1-3,5H. The number of furan rings is 1. The average Bonchev–Trinajstić information content (AvgIpc) is 2.50. The molecule has 0 aliphatic carbocycles. The Morgan fingerprint density at radius 2 is 2.36 bits per heavy atom. The van der Waals surface area contributed by atoms with E-state index < -0.39 is 0 Å². The second-order valence-electron chi connectivity index (χ2n) is 2.25. The van der Waals surface area contributed by atoms with Crippen LogP contribution in [-0.4, -0.2) is 0 Å². The Morgan fingerprint density at radius 3 is 3.18 bits per heavy atom. The van der Waals surface area contributed by atoms with Crippen molar-refractivity contribution in [2.24, 2.45) is 0 Å². The van der Waals surface area contributed by atoms with Crippen molar-refractivity contribution in [3.05, 3.63) is 36.3 Å². The van der Waals surface area contributed by atoms with Crippen LogP contribution >= 0.6 is 0 Å². The van der Waals surface area contributed by atoms with E-state index in [4.69, 9.17) is 9.68 Å². The minimum Gasteiger partial charge on any atom is -0.460 e. The summed E-state index contributed by atoms with van der Waals surface area (Å²) < 4.78 is 4.83. The molecule has 51 valence electrons. The lowest BCUT2D eigenvalue weighted by atomic mass is 10.1. The van der Waals surface area contributed by atoms with Crippen LogP contribution < -0.4 is 0 Å². The summed E-state index contributed by atoms with van der Waals surface area (Å²) >= 11 is 0. The van der Waals surface area contributed by atoms with Crippen LogP contribution in [0.3, 0.4) is 0 Å². The summed E-state index contributed by atoms with van der Waals surface area (Å²) in [7, 11) is 0. The molecule has 1 radical (unpaired) electrons. The number of hydrogen-bond donors (Lipinski definition) is 0. The Hall–Kier alpha value is -1.75. The molecule has 0 saturated heterocycles. The summed E-state index contributed by atoms with van der Waals surface area (Å²) in [5.74, 6) is 0. The van der Waals surface area contributed by atoms with E-state index in [1.807, 2.05) is 12.1 Å². The minimum atomic E-state index is 0.634. The summed E-state index contributed by atoms with van der Waals surface area (Å²) in [6.45, 7) is 0. The average molecular weight is 142 g/mol. The molecule has 0 spiro atoms. The Labute approximate surface area is 63.7 Å². The molecule has 0 atom stereocenters. The van der Waals surface area contributed by atoms with Crippen molar-refractivity contribution < 1.29 is 4.42 Å². The Balaban J connectivity index is 2.79. The Morgan fingerprint density at radius 1 is 1.45 bits per heavy atom. The molecule has 0 saturated carbocycles. The zero-order chi connectivity index (χ0) is 7.68. The number of nitrogens with zero attached hydrogens (tertiary/aromatic N) is 1. The normalized spacial score (nSPS) is 9.73. The van der Waals surface area contributed by atoms with E-state index in [1.54, 1.807) is 18.4 Å². The molecule has 11 heavy (non-hydrogen) atoms. The lowest BCUT2D eigenvalue weighted by molar-refractivity contribution is 0.563. The van der Waals surface area contributed by atoms with E-state index in [-0.39, 0.29) is 0 Å². The predicted octanol–water partition coefficient (Wildman–Crippen LogP) is 2.10. The molecule has 0 N–H and O–H groups in total. The van der Waals surface area contributed by atoms with E-state index in [1.165, 1.54) is 0 Å². The number of hydrogen-bond acceptors (Lipinski definition) is 2. The molecule has 1 aromatic heterocycles. The molecule has 2 aromatic rings. The maximum absolute atomic E-state index is 8.54. The van der Waals surface area contributed by atoms with Crippen LogP contribution in [0.4, 0.5) is 0 Å². The maximum atomic E-state index is 8.54. The molecular weight excluding hydrogens is 138 g/mol. The van der Waals surface area contributed by atoms with E-state index in [0.717, 1.165) is 10.8 Å². The summed E-state index contributed by atoms with van der Waals surface area (Å²) in [6.07, 6.45) is 4.28. The highest BCUT2D eigenvalue weighted by molar-refractivity contribution is 5.81. The van der Waals surface area contributed by atoms with Gasteiger partial charge in [-0.2, -0.15) is 5.26 Å². The zero-order valence-electron chi connectivity index (χ0n) is 5.66. The van der Waals surface area contributed by atoms with Gasteiger partial charge in [0.05, 0.1) is 17.9 Å². The maximum Gasteiger partial charge on any atom is 0.177 e. The van der Waals surface area contributed by atoms with Crippen molar-refractivity contribution in [1.29, 1.82) is 5.26 Å². The molecule has 1 aromatic carbocycles. The minimum absolute atomic E-state index is 0.634. The van der Waals surface area contributed by atoms with Crippen molar-refractivity contribution >= 4 is 10.8 Å². The molecule has 0 aliphatic heterocycles. The van der Waals surface area contributed by atoms with Crippen molar-refractivity contribution in [3.8, 4) is 6.07 Å². The molecular formula is C9H4NO. The van der Waals surface area contributed by atoms with Gasteiger partial charge in [0.25, 0.3) is 0 Å². The van der Waals surface area contributed by atoms with Crippen LogP contribution in [0.2, 0.25) is 0 Å². The smallest absolute Gasteiger partial charge is 0.177 e.